The number of para-hydroxylation sites is 2. The van der Waals surface area contributed by atoms with Gasteiger partial charge in [-0.1, -0.05) is 12.1 Å². The molecule has 1 aliphatic rings. The Bertz CT molecular complexity index is 696. The van der Waals surface area contributed by atoms with E-state index in [1.165, 1.54) is 6.33 Å². The van der Waals surface area contributed by atoms with Gasteiger partial charge in [0.2, 0.25) is 5.88 Å². The van der Waals surface area contributed by atoms with Crippen molar-refractivity contribution in [3.05, 3.63) is 42.9 Å². The van der Waals surface area contributed by atoms with Crippen molar-refractivity contribution in [3.8, 4) is 11.6 Å². The molecule has 1 aliphatic heterocycles. The van der Waals surface area contributed by atoms with Crippen LogP contribution in [0.15, 0.2) is 42.9 Å². The Hall–Kier alpha value is -2.83. The van der Waals surface area contributed by atoms with E-state index in [1.807, 2.05) is 31.2 Å². The first kappa shape index (κ1) is 17.0. The van der Waals surface area contributed by atoms with E-state index in [2.05, 4.69) is 15.3 Å². The molecule has 7 nitrogen and oxygen atoms in total. The number of piperidine rings is 1. The van der Waals surface area contributed by atoms with Crippen LogP contribution in [0.4, 0.5) is 10.5 Å². The Kier molecular flexibility index (Phi) is 5.66. The number of nitrogens with one attached hydrogen (secondary N) is 1. The molecule has 0 aliphatic carbocycles. The Morgan fingerprint density at radius 1 is 1.36 bits per heavy atom. The minimum Gasteiger partial charge on any atom is -0.492 e. The zero-order valence-electron chi connectivity index (χ0n) is 14.2. The van der Waals surface area contributed by atoms with E-state index in [-0.39, 0.29) is 12.1 Å². The van der Waals surface area contributed by atoms with Crippen LogP contribution in [-0.2, 0) is 0 Å². The minimum atomic E-state index is -0.150. The van der Waals surface area contributed by atoms with Crippen LogP contribution < -0.4 is 14.8 Å². The summed E-state index contributed by atoms with van der Waals surface area (Å²) in [6.45, 7) is 3.68. The Morgan fingerprint density at radius 3 is 3.04 bits per heavy atom. The van der Waals surface area contributed by atoms with E-state index in [4.69, 9.17) is 9.47 Å². The number of urea groups is 1. The molecule has 0 bridgehead atoms. The van der Waals surface area contributed by atoms with Gasteiger partial charge in [-0.05, 0) is 31.9 Å². The summed E-state index contributed by atoms with van der Waals surface area (Å²) in [6, 6.07) is 9.00. The first-order valence-corrected chi connectivity index (χ1v) is 8.46. The summed E-state index contributed by atoms with van der Waals surface area (Å²) < 4.78 is 11.4. The van der Waals surface area contributed by atoms with Crippen molar-refractivity contribution < 1.29 is 14.3 Å². The molecule has 2 aromatic rings. The molecule has 2 heterocycles. The number of nitrogens with zero attached hydrogens (tertiary/aromatic N) is 3. The molecular formula is C18H22N4O3. The summed E-state index contributed by atoms with van der Waals surface area (Å²) in [5.74, 6) is 1.20. The van der Waals surface area contributed by atoms with Gasteiger partial charge in [0.05, 0.1) is 18.8 Å². The van der Waals surface area contributed by atoms with Crippen molar-refractivity contribution in [2.45, 2.75) is 25.9 Å². The topological polar surface area (TPSA) is 76.6 Å². The van der Waals surface area contributed by atoms with Gasteiger partial charge in [0.25, 0.3) is 0 Å². The number of benzene rings is 1. The molecule has 0 spiro atoms. The Labute approximate surface area is 147 Å². The fraction of sp³-hybridized carbons (Fsp3) is 0.389. The van der Waals surface area contributed by atoms with Gasteiger partial charge in [-0.2, -0.15) is 0 Å². The lowest BCUT2D eigenvalue weighted by atomic mass is 10.1. The fourth-order valence-electron chi connectivity index (χ4n) is 2.78. The molecule has 132 valence electrons. The number of carbonyl (C=O) groups excluding carboxylic acids is 1. The Balaban J connectivity index is 1.60. The van der Waals surface area contributed by atoms with Crippen molar-refractivity contribution in [2.75, 3.05) is 25.0 Å². The average Bonchev–Trinajstić information content (AvgIpc) is 2.64. The molecule has 25 heavy (non-hydrogen) atoms. The molecule has 2 amide bonds. The normalized spacial score (nSPS) is 17.0. The van der Waals surface area contributed by atoms with E-state index < -0.39 is 0 Å². The summed E-state index contributed by atoms with van der Waals surface area (Å²) >= 11 is 0. The minimum absolute atomic E-state index is 0.0727. The molecule has 1 saturated heterocycles. The highest BCUT2D eigenvalue weighted by Gasteiger charge is 2.25. The monoisotopic (exact) mass is 342 g/mol. The lowest BCUT2D eigenvalue weighted by molar-refractivity contribution is 0.102. The maximum atomic E-state index is 12.6. The first-order valence-electron chi connectivity index (χ1n) is 8.46. The summed E-state index contributed by atoms with van der Waals surface area (Å²) in [4.78, 5) is 22.3. The van der Waals surface area contributed by atoms with Crippen molar-refractivity contribution in [1.82, 2.24) is 14.9 Å². The standard InChI is InChI=1S/C18H22N4O3/c1-2-24-16-8-4-3-7-15(16)21-18(23)22-11-5-6-14(12-22)25-17-9-10-19-13-20-17/h3-4,7-10,13-14H,2,5-6,11-12H2,1H3,(H,21,23). The molecule has 0 radical (unpaired) electrons. The van der Waals surface area contributed by atoms with Gasteiger partial charge in [0, 0.05) is 18.8 Å². The largest absolute Gasteiger partial charge is 0.492 e. The smallest absolute Gasteiger partial charge is 0.322 e. The van der Waals surface area contributed by atoms with Gasteiger partial charge >= 0.3 is 6.03 Å². The predicted molar refractivity (Wildman–Crippen MR) is 93.9 cm³/mol. The van der Waals surface area contributed by atoms with E-state index in [1.54, 1.807) is 17.2 Å². The van der Waals surface area contributed by atoms with Gasteiger partial charge in [-0.25, -0.2) is 14.8 Å². The highest BCUT2D eigenvalue weighted by atomic mass is 16.5. The Morgan fingerprint density at radius 2 is 2.24 bits per heavy atom. The molecule has 1 fully saturated rings. The molecule has 1 unspecified atom stereocenters. The van der Waals surface area contributed by atoms with Crippen molar-refractivity contribution in [2.24, 2.45) is 0 Å². The summed E-state index contributed by atoms with van der Waals surface area (Å²) in [7, 11) is 0. The quantitative estimate of drug-likeness (QED) is 0.904. The van der Waals surface area contributed by atoms with E-state index >= 15 is 0 Å². The molecule has 1 aromatic heterocycles. The van der Waals surface area contributed by atoms with Crippen molar-refractivity contribution in [1.29, 1.82) is 0 Å². The van der Waals surface area contributed by atoms with Crippen LogP contribution in [0.1, 0.15) is 19.8 Å². The fourth-order valence-corrected chi connectivity index (χ4v) is 2.78. The number of rotatable bonds is 5. The molecular weight excluding hydrogens is 320 g/mol. The third-order valence-corrected chi connectivity index (χ3v) is 3.94. The predicted octanol–water partition coefficient (Wildman–Crippen LogP) is 2.95. The second kappa shape index (κ2) is 8.32. The van der Waals surface area contributed by atoms with Crippen molar-refractivity contribution in [3.63, 3.8) is 0 Å². The maximum absolute atomic E-state index is 12.6. The van der Waals surface area contributed by atoms with E-state index in [0.717, 1.165) is 12.8 Å². The first-order chi connectivity index (χ1) is 12.3. The van der Waals surface area contributed by atoms with Gasteiger partial charge < -0.3 is 19.7 Å². The lowest BCUT2D eigenvalue weighted by Gasteiger charge is -2.32. The number of carbonyl (C=O) groups is 1. The third-order valence-electron chi connectivity index (χ3n) is 3.94. The van der Waals surface area contributed by atoms with Crippen LogP contribution in [0.3, 0.4) is 0 Å². The lowest BCUT2D eigenvalue weighted by Crippen LogP contribution is -2.46. The summed E-state index contributed by atoms with van der Waals surface area (Å²) in [5, 5.41) is 2.93. The number of aromatic nitrogens is 2. The SMILES string of the molecule is CCOc1ccccc1NC(=O)N1CCCC(Oc2ccncn2)C1. The maximum Gasteiger partial charge on any atom is 0.322 e. The number of amides is 2. The average molecular weight is 342 g/mol. The molecule has 1 atom stereocenters. The number of hydrogen-bond acceptors (Lipinski definition) is 5. The van der Waals surface area contributed by atoms with Crippen LogP contribution in [0.25, 0.3) is 0 Å². The van der Waals surface area contributed by atoms with Crippen molar-refractivity contribution >= 4 is 11.7 Å². The number of ether oxygens (including phenoxy) is 2. The van der Waals surface area contributed by atoms with Gasteiger partial charge in [0.15, 0.2) is 0 Å². The van der Waals surface area contributed by atoms with Crippen LogP contribution in [0, 0.1) is 0 Å². The zero-order chi connectivity index (χ0) is 17.5. The number of likely N-dealkylation sites (tertiary alicyclic amines) is 1. The second-order valence-electron chi connectivity index (χ2n) is 5.74. The van der Waals surface area contributed by atoms with Crippen LogP contribution in [-0.4, -0.2) is 46.7 Å². The number of hydrogen-bond donors (Lipinski definition) is 1. The van der Waals surface area contributed by atoms with Gasteiger partial charge in [-0.15, -0.1) is 0 Å². The highest BCUT2D eigenvalue weighted by Crippen LogP contribution is 2.25. The van der Waals surface area contributed by atoms with Crippen LogP contribution >= 0.6 is 0 Å². The van der Waals surface area contributed by atoms with E-state index in [9.17, 15) is 4.79 Å². The zero-order valence-corrected chi connectivity index (χ0v) is 14.2. The highest BCUT2D eigenvalue weighted by molar-refractivity contribution is 5.91. The van der Waals surface area contributed by atoms with Crippen LogP contribution in [0.5, 0.6) is 11.6 Å². The summed E-state index contributed by atoms with van der Waals surface area (Å²) in [6.07, 6.45) is 4.80. The second-order valence-corrected chi connectivity index (χ2v) is 5.74. The number of anilines is 1. The third kappa shape index (κ3) is 4.59. The molecule has 3 rings (SSSR count). The molecule has 0 saturated carbocycles. The molecule has 1 N–H and O–H groups in total. The van der Waals surface area contributed by atoms with Gasteiger partial charge in [0.1, 0.15) is 18.2 Å². The summed E-state index contributed by atoms with van der Waals surface area (Å²) in [5.41, 5.74) is 0.674. The molecule has 7 heteroatoms. The molecule has 1 aromatic carbocycles. The van der Waals surface area contributed by atoms with Crippen LogP contribution in [0.2, 0.25) is 0 Å². The van der Waals surface area contributed by atoms with E-state index in [0.29, 0.717) is 37.0 Å². The van der Waals surface area contributed by atoms with Gasteiger partial charge in [-0.3, -0.25) is 0 Å².